The molecule has 5 rings (SSSR count). The van der Waals surface area contributed by atoms with E-state index < -0.39 is 11.4 Å². The first-order valence-electron chi connectivity index (χ1n) is 14.2. The number of methoxy groups -OCH3 is 1. The minimum absolute atomic E-state index is 0.0329. The Hall–Kier alpha value is -2.19. The average Bonchev–Trinajstić information content (AvgIpc) is 3.06. The van der Waals surface area contributed by atoms with Crippen molar-refractivity contribution in [1.29, 1.82) is 0 Å². The van der Waals surface area contributed by atoms with Crippen LogP contribution in [0.3, 0.4) is 0 Å². The molecule has 216 valence electrons. The number of carbonyl (C=O) groups excluding carboxylic acids is 1. The number of nitrogens with one attached hydrogen (secondary N) is 1. The van der Waals surface area contributed by atoms with E-state index in [1.54, 1.807) is 6.07 Å². The number of anilines is 1. The number of aryl methyl sites for hydroxylation is 1. The third-order valence-corrected chi connectivity index (χ3v) is 10.7. The number of rotatable bonds is 7. The quantitative estimate of drug-likeness (QED) is 0.236. The second-order valence-electron chi connectivity index (χ2n) is 12.5. The first-order valence-corrected chi connectivity index (χ1v) is 15.8. The standard InChI is InChI=1S/C32H41ClN2O4S/c1-6-27(34-40(37)31(2,3)4)25-12-9-23(25)18-35-19-32(15-7-8-21-16-24(33)11-13-26(21)32)20-39-29-14-10-22(17-28(29)35)30(36)38-5/h6,10-11,13-14,16-17,23,25,27,34H,1,7-9,12,15,18-20H2,2-5H3/t23-,25+,27?,32-,40+/m0/s1. The van der Waals surface area contributed by atoms with E-state index in [1.807, 2.05) is 45.0 Å². The van der Waals surface area contributed by atoms with Gasteiger partial charge in [0.1, 0.15) is 10.5 Å². The summed E-state index contributed by atoms with van der Waals surface area (Å²) >= 11 is 5.22. The monoisotopic (exact) mass is 584 g/mol. The second-order valence-corrected chi connectivity index (χ2v) is 15.0. The number of ether oxygens (including phenoxy) is 2. The smallest absolute Gasteiger partial charge is 0.337 e. The highest BCUT2D eigenvalue weighted by atomic mass is 35.5. The van der Waals surface area contributed by atoms with Crippen molar-refractivity contribution in [3.05, 3.63) is 70.8 Å². The van der Waals surface area contributed by atoms with E-state index in [1.165, 1.54) is 18.2 Å². The summed E-state index contributed by atoms with van der Waals surface area (Å²) in [6, 6.07) is 11.8. The van der Waals surface area contributed by atoms with Crippen molar-refractivity contribution in [2.75, 3.05) is 31.7 Å². The third kappa shape index (κ3) is 5.76. The van der Waals surface area contributed by atoms with Gasteiger partial charge in [0.25, 0.3) is 0 Å². The molecule has 1 saturated carbocycles. The Bertz CT molecular complexity index is 1260. The van der Waals surface area contributed by atoms with E-state index in [9.17, 15) is 9.35 Å². The fourth-order valence-electron chi connectivity index (χ4n) is 6.55. The predicted molar refractivity (Wildman–Crippen MR) is 163 cm³/mol. The number of carbonyl (C=O) groups is 1. The third-order valence-electron chi connectivity index (χ3n) is 8.90. The van der Waals surface area contributed by atoms with Crippen molar-refractivity contribution >= 4 is 34.6 Å². The van der Waals surface area contributed by atoms with Gasteiger partial charge in [-0.3, -0.25) is 0 Å². The van der Waals surface area contributed by atoms with Gasteiger partial charge < -0.3 is 18.9 Å². The molecule has 1 fully saturated rings. The fraction of sp³-hybridized carbons (Fsp3) is 0.531. The molecule has 2 aliphatic carbocycles. The molecule has 0 saturated heterocycles. The topological polar surface area (TPSA) is 73.9 Å². The molecule has 5 atom stereocenters. The van der Waals surface area contributed by atoms with Gasteiger partial charge >= 0.3 is 5.97 Å². The minimum atomic E-state index is -1.18. The highest BCUT2D eigenvalue weighted by molar-refractivity contribution is 7.90. The lowest BCUT2D eigenvalue weighted by molar-refractivity contribution is 0.0600. The van der Waals surface area contributed by atoms with Crippen LogP contribution in [0.2, 0.25) is 5.02 Å². The summed E-state index contributed by atoms with van der Waals surface area (Å²) in [4.78, 5) is 14.9. The van der Waals surface area contributed by atoms with Crippen LogP contribution < -0.4 is 14.4 Å². The summed E-state index contributed by atoms with van der Waals surface area (Å²) < 4.78 is 27.5. The molecule has 40 heavy (non-hydrogen) atoms. The predicted octanol–water partition coefficient (Wildman–Crippen LogP) is 6.23. The first kappa shape index (κ1) is 29.3. The lowest BCUT2D eigenvalue weighted by Crippen LogP contribution is -2.53. The van der Waals surface area contributed by atoms with Crippen LogP contribution in [0.15, 0.2) is 49.1 Å². The number of benzene rings is 2. The maximum atomic E-state index is 12.9. The van der Waals surface area contributed by atoms with Crippen molar-refractivity contribution in [3.63, 3.8) is 0 Å². The van der Waals surface area contributed by atoms with Crippen LogP contribution in [0.25, 0.3) is 0 Å². The molecule has 1 aliphatic heterocycles. The van der Waals surface area contributed by atoms with E-state index in [2.05, 4.69) is 28.3 Å². The molecular weight excluding hydrogens is 544 g/mol. The van der Waals surface area contributed by atoms with E-state index in [0.29, 0.717) is 24.0 Å². The van der Waals surface area contributed by atoms with Crippen molar-refractivity contribution in [2.24, 2.45) is 11.8 Å². The molecule has 1 heterocycles. The van der Waals surface area contributed by atoms with Crippen LogP contribution >= 0.6 is 11.6 Å². The molecule has 0 radical (unpaired) electrons. The van der Waals surface area contributed by atoms with Crippen LogP contribution in [0.4, 0.5) is 5.69 Å². The van der Waals surface area contributed by atoms with E-state index >= 15 is 0 Å². The Morgan fingerprint density at radius 2 is 2.12 bits per heavy atom. The summed E-state index contributed by atoms with van der Waals surface area (Å²) in [5, 5.41) is 0.765. The van der Waals surface area contributed by atoms with Crippen LogP contribution in [-0.4, -0.2) is 48.1 Å². The Balaban J connectivity index is 1.48. The highest BCUT2D eigenvalue weighted by Gasteiger charge is 2.45. The zero-order chi connectivity index (χ0) is 28.7. The normalized spacial score (nSPS) is 25.5. The summed E-state index contributed by atoms with van der Waals surface area (Å²) in [6.07, 6.45) is 7.16. The maximum absolute atomic E-state index is 12.9. The van der Waals surface area contributed by atoms with Gasteiger partial charge in [-0.2, -0.15) is 0 Å². The Kier molecular flexibility index (Phi) is 8.49. The Labute approximate surface area is 246 Å². The van der Waals surface area contributed by atoms with Crippen LogP contribution in [0.1, 0.15) is 67.9 Å². The van der Waals surface area contributed by atoms with E-state index in [-0.39, 0.29) is 22.2 Å². The number of hydrogen-bond acceptors (Lipinski definition) is 6. The molecule has 1 N–H and O–H groups in total. The van der Waals surface area contributed by atoms with E-state index in [0.717, 1.165) is 61.7 Å². The summed E-state index contributed by atoms with van der Waals surface area (Å²) in [5.41, 5.74) is 3.85. The van der Waals surface area contributed by atoms with Gasteiger partial charge in [-0.05, 0) is 106 Å². The van der Waals surface area contributed by atoms with Crippen LogP contribution in [0.5, 0.6) is 5.75 Å². The molecule has 2 aromatic rings. The molecule has 8 heteroatoms. The SMILES string of the molecule is C=CC(N[S@+]([O-])C(C)(C)C)[C@@H]1CC[C@H]1CN1C[C@@]2(CCCc3cc(Cl)ccc32)COc2ccc(C(=O)OC)cc21. The number of hydrogen-bond donors (Lipinski definition) is 1. The van der Waals surface area contributed by atoms with Crippen molar-refractivity contribution < 1.29 is 18.8 Å². The van der Waals surface area contributed by atoms with Crippen LogP contribution in [-0.2, 0) is 27.9 Å². The minimum Gasteiger partial charge on any atom is -0.598 e. The molecule has 0 aromatic heterocycles. The van der Waals surface area contributed by atoms with Crippen molar-refractivity contribution in [2.45, 2.75) is 69.1 Å². The maximum Gasteiger partial charge on any atom is 0.337 e. The van der Waals surface area contributed by atoms with E-state index in [4.69, 9.17) is 21.1 Å². The Morgan fingerprint density at radius 1 is 1.32 bits per heavy atom. The van der Waals surface area contributed by atoms with Gasteiger partial charge in [0, 0.05) is 34.9 Å². The van der Waals surface area contributed by atoms with Crippen molar-refractivity contribution in [1.82, 2.24) is 4.72 Å². The first-order chi connectivity index (χ1) is 19.0. The summed E-state index contributed by atoms with van der Waals surface area (Å²) in [7, 11) is 1.41. The molecule has 1 spiro atoms. The number of esters is 1. The fourth-order valence-corrected chi connectivity index (χ4v) is 7.61. The Morgan fingerprint density at radius 3 is 2.80 bits per heavy atom. The molecule has 0 bridgehead atoms. The average molecular weight is 585 g/mol. The number of nitrogens with zero attached hydrogens (tertiary/aromatic N) is 1. The van der Waals surface area contributed by atoms with Gasteiger partial charge in [0.05, 0.1) is 31.0 Å². The highest BCUT2D eigenvalue weighted by Crippen LogP contribution is 2.46. The largest absolute Gasteiger partial charge is 0.598 e. The van der Waals surface area contributed by atoms with Crippen LogP contribution in [0, 0.1) is 11.8 Å². The molecule has 1 unspecified atom stereocenters. The van der Waals surface area contributed by atoms with Gasteiger partial charge in [0.2, 0.25) is 0 Å². The molecule has 0 amide bonds. The lowest BCUT2D eigenvalue weighted by atomic mass is 9.68. The second kappa shape index (κ2) is 11.6. The lowest BCUT2D eigenvalue weighted by Gasteiger charge is -2.46. The zero-order valence-corrected chi connectivity index (χ0v) is 25.6. The van der Waals surface area contributed by atoms with Gasteiger partial charge in [0.15, 0.2) is 0 Å². The number of fused-ring (bicyclic) bond motifs is 3. The summed E-state index contributed by atoms with van der Waals surface area (Å²) in [6.45, 7) is 12.2. The molecule has 3 aliphatic rings. The molecule has 2 aromatic carbocycles. The molecule has 6 nitrogen and oxygen atoms in total. The van der Waals surface area contributed by atoms with Gasteiger partial charge in [-0.15, -0.1) is 11.3 Å². The van der Waals surface area contributed by atoms with Gasteiger partial charge in [-0.25, -0.2) is 4.79 Å². The zero-order valence-electron chi connectivity index (χ0n) is 24.0. The van der Waals surface area contributed by atoms with Crippen molar-refractivity contribution in [3.8, 4) is 5.75 Å². The van der Waals surface area contributed by atoms with Gasteiger partial charge in [-0.1, -0.05) is 23.7 Å². The summed E-state index contributed by atoms with van der Waals surface area (Å²) in [5.74, 6) is 1.13. The number of halogens is 1. The molecular formula is C32H41ClN2O4S.